The van der Waals surface area contributed by atoms with Crippen LogP contribution in [0.25, 0.3) is 71.6 Å². The monoisotopic (exact) mass is 561 g/mol. The first kappa shape index (κ1) is 25.1. The molecular formula is C43H31N. The molecule has 0 saturated heterocycles. The lowest BCUT2D eigenvalue weighted by atomic mass is 9.81. The van der Waals surface area contributed by atoms with Gasteiger partial charge in [-0.25, -0.2) is 0 Å². The second-order valence-electron chi connectivity index (χ2n) is 12.6. The molecule has 1 aliphatic rings. The van der Waals surface area contributed by atoms with Crippen LogP contribution in [0, 0.1) is 0 Å². The van der Waals surface area contributed by atoms with E-state index in [0.29, 0.717) is 0 Å². The van der Waals surface area contributed by atoms with Gasteiger partial charge in [0.25, 0.3) is 0 Å². The molecule has 1 aromatic heterocycles. The maximum absolute atomic E-state index is 2.48. The number of aromatic nitrogens is 1. The Morgan fingerprint density at radius 2 is 0.955 bits per heavy atom. The molecule has 0 fully saturated rings. The summed E-state index contributed by atoms with van der Waals surface area (Å²) in [7, 11) is 0. The van der Waals surface area contributed by atoms with Crippen molar-refractivity contribution in [2.75, 3.05) is 0 Å². The SMILES string of the molecule is CC1(C)c2cc3ccccc3cc2-c2cc3c(cc21)c1ccccc1n3-c1cc(-c2ccccc2)cc(-c2ccccc2)c1. The first-order valence-corrected chi connectivity index (χ1v) is 15.4. The Labute approximate surface area is 257 Å². The van der Waals surface area contributed by atoms with Gasteiger partial charge in [0.05, 0.1) is 11.0 Å². The zero-order chi connectivity index (χ0) is 29.4. The number of nitrogens with zero attached hydrogens (tertiary/aromatic N) is 1. The number of hydrogen-bond acceptors (Lipinski definition) is 0. The lowest BCUT2D eigenvalue weighted by Crippen LogP contribution is -2.14. The zero-order valence-corrected chi connectivity index (χ0v) is 24.9. The molecule has 1 heteroatoms. The second-order valence-corrected chi connectivity index (χ2v) is 12.6. The van der Waals surface area contributed by atoms with Crippen LogP contribution in [0.4, 0.5) is 0 Å². The molecular weight excluding hydrogens is 530 g/mol. The van der Waals surface area contributed by atoms with Crippen molar-refractivity contribution < 1.29 is 0 Å². The molecule has 7 aromatic carbocycles. The largest absolute Gasteiger partial charge is 0.309 e. The molecule has 44 heavy (non-hydrogen) atoms. The van der Waals surface area contributed by atoms with Crippen LogP contribution < -0.4 is 0 Å². The Bertz CT molecular complexity index is 2330. The summed E-state index contributed by atoms with van der Waals surface area (Å²) >= 11 is 0. The summed E-state index contributed by atoms with van der Waals surface area (Å²) in [4.78, 5) is 0. The quantitative estimate of drug-likeness (QED) is 0.202. The first-order chi connectivity index (χ1) is 21.6. The Balaban J connectivity index is 1.37. The average molecular weight is 562 g/mol. The van der Waals surface area contributed by atoms with Crippen LogP contribution in [0.1, 0.15) is 25.0 Å². The summed E-state index contributed by atoms with van der Waals surface area (Å²) in [6.07, 6.45) is 0. The van der Waals surface area contributed by atoms with Gasteiger partial charge in [-0.15, -0.1) is 0 Å². The van der Waals surface area contributed by atoms with E-state index < -0.39 is 0 Å². The fourth-order valence-electron chi connectivity index (χ4n) is 7.49. The van der Waals surface area contributed by atoms with Crippen LogP contribution in [0.15, 0.2) is 152 Å². The van der Waals surface area contributed by atoms with Crippen molar-refractivity contribution in [2.24, 2.45) is 0 Å². The van der Waals surface area contributed by atoms with Crippen molar-refractivity contribution >= 4 is 32.6 Å². The normalized spacial score (nSPS) is 13.4. The molecule has 0 spiro atoms. The highest BCUT2D eigenvalue weighted by molar-refractivity contribution is 6.12. The Morgan fingerprint density at radius 3 is 1.64 bits per heavy atom. The van der Waals surface area contributed by atoms with Gasteiger partial charge in [-0.1, -0.05) is 117 Å². The van der Waals surface area contributed by atoms with E-state index in [9.17, 15) is 0 Å². The molecule has 0 aliphatic heterocycles. The van der Waals surface area contributed by atoms with Gasteiger partial charge in [0.15, 0.2) is 0 Å². The molecule has 0 atom stereocenters. The molecule has 0 amide bonds. The van der Waals surface area contributed by atoms with Gasteiger partial charge in [-0.2, -0.15) is 0 Å². The number of para-hydroxylation sites is 1. The number of rotatable bonds is 3. The van der Waals surface area contributed by atoms with E-state index in [-0.39, 0.29) is 5.41 Å². The van der Waals surface area contributed by atoms with Crippen LogP contribution in [0.3, 0.4) is 0 Å². The summed E-state index contributed by atoms with van der Waals surface area (Å²) in [5.74, 6) is 0. The van der Waals surface area contributed by atoms with Gasteiger partial charge in [0.2, 0.25) is 0 Å². The predicted molar refractivity (Wildman–Crippen MR) is 187 cm³/mol. The maximum atomic E-state index is 2.48. The average Bonchev–Trinajstić information content (AvgIpc) is 3.51. The molecule has 1 heterocycles. The molecule has 0 bridgehead atoms. The van der Waals surface area contributed by atoms with E-state index in [2.05, 4.69) is 170 Å². The van der Waals surface area contributed by atoms with E-state index in [1.165, 1.54) is 82.8 Å². The van der Waals surface area contributed by atoms with E-state index in [1.54, 1.807) is 0 Å². The predicted octanol–water partition coefficient (Wildman–Crippen LogP) is 11.6. The molecule has 9 rings (SSSR count). The third kappa shape index (κ3) is 3.66. The highest BCUT2D eigenvalue weighted by Crippen LogP contribution is 2.52. The molecule has 0 unspecified atom stereocenters. The summed E-state index contributed by atoms with van der Waals surface area (Å²) in [5.41, 5.74) is 13.9. The Hall–Kier alpha value is -5.40. The zero-order valence-electron chi connectivity index (χ0n) is 24.9. The third-order valence-electron chi connectivity index (χ3n) is 9.72. The van der Waals surface area contributed by atoms with Gasteiger partial charge in [0, 0.05) is 21.9 Å². The van der Waals surface area contributed by atoms with Gasteiger partial charge < -0.3 is 4.57 Å². The van der Waals surface area contributed by atoms with E-state index in [4.69, 9.17) is 0 Å². The second kappa shape index (κ2) is 9.30. The first-order valence-electron chi connectivity index (χ1n) is 15.4. The Kier molecular flexibility index (Phi) is 5.31. The fourth-order valence-corrected chi connectivity index (χ4v) is 7.49. The van der Waals surface area contributed by atoms with Gasteiger partial charge in [0.1, 0.15) is 0 Å². The van der Waals surface area contributed by atoms with E-state index in [1.807, 2.05) is 0 Å². The van der Waals surface area contributed by atoms with Crippen molar-refractivity contribution in [3.63, 3.8) is 0 Å². The lowest BCUT2D eigenvalue weighted by Gasteiger charge is -2.22. The summed E-state index contributed by atoms with van der Waals surface area (Å²) in [6, 6.07) is 55.9. The van der Waals surface area contributed by atoms with Crippen molar-refractivity contribution in [3.8, 4) is 39.1 Å². The van der Waals surface area contributed by atoms with Gasteiger partial charge in [-0.3, -0.25) is 0 Å². The van der Waals surface area contributed by atoms with Crippen LogP contribution in [0.2, 0.25) is 0 Å². The molecule has 0 radical (unpaired) electrons. The number of hydrogen-bond donors (Lipinski definition) is 0. The van der Waals surface area contributed by atoms with Crippen LogP contribution >= 0.6 is 0 Å². The lowest BCUT2D eigenvalue weighted by molar-refractivity contribution is 0.662. The van der Waals surface area contributed by atoms with E-state index in [0.717, 1.165) is 0 Å². The molecule has 1 nitrogen and oxygen atoms in total. The van der Waals surface area contributed by atoms with Crippen LogP contribution in [-0.4, -0.2) is 4.57 Å². The molecule has 208 valence electrons. The third-order valence-corrected chi connectivity index (χ3v) is 9.72. The van der Waals surface area contributed by atoms with Crippen molar-refractivity contribution in [2.45, 2.75) is 19.3 Å². The molecule has 0 saturated carbocycles. The smallest absolute Gasteiger partial charge is 0.0547 e. The minimum atomic E-state index is -0.0835. The van der Waals surface area contributed by atoms with E-state index >= 15 is 0 Å². The summed E-state index contributed by atoms with van der Waals surface area (Å²) < 4.78 is 2.48. The Morgan fingerprint density at radius 1 is 0.409 bits per heavy atom. The van der Waals surface area contributed by atoms with Crippen molar-refractivity contribution in [3.05, 3.63) is 163 Å². The minimum absolute atomic E-state index is 0.0835. The fraction of sp³-hybridized carbons (Fsp3) is 0.0698. The summed E-state index contributed by atoms with van der Waals surface area (Å²) in [5, 5.41) is 5.18. The topological polar surface area (TPSA) is 4.93 Å². The highest BCUT2D eigenvalue weighted by Gasteiger charge is 2.36. The van der Waals surface area contributed by atoms with Gasteiger partial charge >= 0.3 is 0 Å². The summed E-state index contributed by atoms with van der Waals surface area (Å²) in [6.45, 7) is 4.76. The standard InChI is InChI=1S/C43H31N/c1-43(2)39-25-31-18-10-9-17-30(31)24-36(39)37-27-42-38(26-40(37)43)35-19-11-12-20-41(35)44(42)34-22-32(28-13-5-3-6-14-28)21-33(23-34)29-15-7-4-8-16-29/h3-27H,1-2H3. The van der Waals surface area contributed by atoms with Crippen molar-refractivity contribution in [1.29, 1.82) is 0 Å². The number of benzene rings is 7. The molecule has 0 N–H and O–H groups in total. The molecule has 1 aliphatic carbocycles. The minimum Gasteiger partial charge on any atom is -0.309 e. The molecule has 8 aromatic rings. The van der Waals surface area contributed by atoms with Crippen LogP contribution in [-0.2, 0) is 5.41 Å². The van der Waals surface area contributed by atoms with Gasteiger partial charge in [-0.05, 0) is 104 Å². The number of fused-ring (bicyclic) bond motifs is 7. The van der Waals surface area contributed by atoms with Crippen molar-refractivity contribution in [1.82, 2.24) is 4.57 Å². The maximum Gasteiger partial charge on any atom is 0.0547 e. The highest BCUT2D eigenvalue weighted by atomic mass is 15.0. The van der Waals surface area contributed by atoms with Crippen LogP contribution in [0.5, 0.6) is 0 Å².